The van der Waals surface area contributed by atoms with Gasteiger partial charge in [-0.25, -0.2) is 0 Å². The molecule has 0 bridgehead atoms. The van der Waals surface area contributed by atoms with E-state index in [1.165, 1.54) is 0 Å². The van der Waals surface area contributed by atoms with Gasteiger partial charge in [0.15, 0.2) is 5.82 Å². The molecule has 114 valence electrons. The van der Waals surface area contributed by atoms with Crippen molar-refractivity contribution in [2.45, 2.75) is 38.0 Å². The molecule has 1 saturated carbocycles. The summed E-state index contributed by atoms with van der Waals surface area (Å²) in [6.45, 7) is 3.29. The summed E-state index contributed by atoms with van der Waals surface area (Å²) in [6.07, 6.45) is 4.83. The van der Waals surface area contributed by atoms with E-state index in [0.29, 0.717) is 18.0 Å². The van der Waals surface area contributed by atoms with Gasteiger partial charge in [0.1, 0.15) is 0 Å². The second-order valence-corrected chi connectivity index (χ2v) is 6.19. The lowest BCUT2D eigenvalue weighted by Crippen LogP contribution is -2.28. The second kappa shape index (κ2) is 5.19. The van der Waals surface area contributed by atoms with E-state index in [0.717, 1.165) is 43.2 Å². The number of likely N-dealkylation sites (tertiary alicyclic amines) is 1. The van der Waals surface area contributed by atoms with Crippen LogP contribution in [0.5, 0.6) is 0 Å². The van der Waals surface area contributed by atoms with Crippen molar-refractivity contribution in [3.8, 4) is 0 Å². The monoisotopic (exact) mass is 298 g/mol. The number of aryl methyl sites for hydroxylation is 1. The molecule has 2 aromatic rings. The summed E-state index contributed by atoms with van der Waals surface area (Å²) in [5.41, 5.74) is 1.55. The zero-order chi connectivity index (χ0) is 15.1. The first-order chi connectivity index (χ1) is 10.7. The highest BCUT2D eigenvalue weighted by molar-refractivity contribution is 5.94. The number of nitrogens with zero attached hydrogens (tertiary/aromatic N) is 4. The zero-order valence-corrected chi connectivity index (χ0v) is 12.5. The van der Waals surface area contributed by atoms with Crippen molar-refractivity contribution in [2.24, 2.45) is 0 Å². The maximum Gasteiger partial charge on any atom is 0.255 e. The normalized spacial score (nSPS) is 21.3. The average molecular weight is 298 g/mol. The summed E-state index contributed by atoms with van der Waals surface area (Å²) in [6, 6.07) is 3.69. The zero-order valence-electron chi connectivity index (χ0n) is 12.5. The van der Waals surface area contributed by atoms with E-state index < -0.39 is 0 Å². The number of pyridine rings is 1. The molecule has 1 aliphatic carbocycles. The number of amides is 1. The Bertz CT molecular complexity index is 690. The van der Waals surface area contributed by atoms with Gasteiger partial charge in [-0.05, 0) is 38.3 Å². The molecule has 0 spiro atoms. The molecule has 1 amide bonds. The molecule has 4 rings (SSSR count). The van der Waals surface area contributed by atoms with Crippen molar-refractivity contribution in [2.75, 3.05) is 13.1 Å². The summed E-state index contributed by atoms with van der Waals surface area (Å²) in [5.74, 6) is 2.19. The lowest BCUT2D eigenvalue weighted by molar-refractivity contribution is 0.0790. The van der Waals surface area contributed by atoms with E-state index >= 15 is 0 Å². The minimum Gasteiger partial charge on any atom is -0.339 e. The highest BCUT2D eigenvalue weighted by Crippen LogP contribution is 2.39. The maximum atomic E-state index is 12.5. The third-order valence-corrected chi connectivity index (χ3v) is 4.38. The van der Waals surface area contributed by atoms with Crippen LogP contribution in [0.25, 0.3) is 0 Å². The molecule has 1 atom stereocenters. The Balaban J connectivity index is 1.44. The highest BCUT2D eigenvalue weighted by Gasteiger charge is 2.34. The van der Waals surface area contributed by atoms with Gasteiger partial charge in [-0.3, -0.25) is 9.78 Å². The summed E-state index contributed by atoms with van der Waals surface area (Å²) in [7, 11) is 0. The van der Waals surface area contributed by atoms with E-state index in [9.17, 15) is 4.79 Å². The lowest BCUT2D eigenvalue weighted by Gasteiger charge is -2.15. The summed E-state index contributed by atoms with van der Waals surface area (Å²) >= 11 is 0. The number of aromatic nitrogens is 3. The third-order valence-electron chi connectivity index (χ3n) is 4.38. The molecule has 3 heterocycles. The fourth-order valence-corrected chi connectivity index (χ4v) is 2.84. The van der Waals surface area contributed by atoms with Crippen molar-refractivity contribution in [3.05, 3.63) is 41.3 Å². The molecule has 2 fully saturated rings. The molecule has 1 aliphatic heterocycles. The standard InChI is InChI=1S/C16H18N4O2/c1-10-2-3-12(8-17-10)16(21)20-7-6-13(9-20)14-18-15(22-19-14)11-4-5-11/h2-3,8,11,13H,4-7,9H2,1H3. The molecule has 22 heavy (non-hydrogen) atoms. The first-order valence-electron chi connectivity index (χ1n) is 7.76. The van der Waals surface area contributed by atoms with E-state index in [-0.39, 0.29) is 11.8 Å². The van der Waals surface area contributed by atoms with E-state index in [1.54, 1.807) is 6.20 Å². The molecule has 0 N–H and O–H groups in total. The molecule has 0 aromatic carbocycles. The van der Waals surface area contributed by atoms with Gasteiger partial charge in [-0.2, -0.15) is 4.98 Å². The Morgan fingerprint density at radius 3 is 2.86 bits per heavy atom. The number of hydrogen-bond donors (Lipinski definition) is 0. The van der Waals surface area contributed by atoms with Crippen LogP contribution in [0, 0.1) is 6.92 Å². The Hall–Kier alpha value is -2.24. The highest BCUT2D eigenvalue weighted by atomic mass is 16.5. The molecule has 2 aliphatic rings. The maximum absolute atomic E-state index is 12.5. The molecular formula is C16H18N4O2. The predicted molar refractivity (Wildman–Crippen MR) is 78.5 cm³/mol. The topological polar surface area (TPSA) is 72.1 Å². The van der Waals surface area contributed by atoms with Crippen LogP contribution in [-0.4, -0.2) is 39.0 Å². The predicted octanol–water partition coefficient (Wildman–Crippen LogP) is 2.28. The van der Waals surface area contributed by atoms with Crippen LogP contribution in [0.4, 0.5) is 0 Å². The van der Waals surface area contributed by atoms with Crippen molar-refractivity contribution >= 4 is 5.91 Å². The van der Waals surface area contributed by atoms with E-state index in [2.05, 4.69) is 15.1 Å². The van der Waals surface area contributed by atoms with Crippen molar-refractivity contribution in [3.63, 3.8) is 0 Å². The second-order valence-electron chi connectivity index (χ2n) is 6.19. The summed E-state index contributed by atoms with van der Waals surface area (Å²) in [5, 5.41) is 4.10. The number of hydrogen-bond acceptors (Lipinski definition) is 5. The van der Waals surface area contributed by atoms with Gasteiger partial charge in [0.05, 0.1) is 5.56 Å². The summed E-state index contributed by atoms with van der Waals surface area (Å²) in [4.78, 5) is 23.0. The van der Waals surface area contributed by atoms with Gasteiger partial charge in [0.25, 0.3) is 5.91 Å². The molecule has 6 nitrogen and oxygen atoms in total. The molecule has 6 heteroatoms. The van der Waals surface area contributed by atoms with Crippen LogP contribution >= 0.6 is 0 Å². The van der Waals surface area contributed by atoms with Gasteiger partial charge in [-0.15, -0.1) is 0 Å². The Labute approximate surface area is 128 Å². The number of rotatable bonds is 3. The first kappa shape index (κ1) is 13.4. The van der Waals surface area contributed by atoms with E-state index in [1.807, 2.05) is 24.0 Å². The fraction of sp³-hybridized carbons (Fsp3) is 0.500. The van der Waals surface area contributed by atoms with Gasteiger partial charge in [0.2, 0.25) is 5.89 Å². The van der Waals surface area contributed by atoms with Crippen LogP contribution in [0.1, 0.15) is 58.9 Å². The fourth-order valence-electron chi connectivity index (χ4n) is 2.84. The molecule has 1 unspecified atom stereocenters. The minimum absolute atomic E-state index is 0.0286. The van der Waals surface area contributed by atoms with Crippen LogP contribution in [0.3, 0.4) is 0 Å². The van der Waals surface area contributed by atoms with Crippen LogP contribution in [0.15, 0.2) is 22.9 Å². The third kappa shape index (κ3) is 2.49. The quantitative estimate of drug-likeness (QED) is 0.869. The molecular weight excluding hydrogens is 280 g/mol. The SMILES string of the molecule is Cc1ccc(C(=O)N2CCC(c3noc(C4CC4)n3)C2)cn1. The minimum atomic E-state index is 0.0286. The molecule has 2 aromatic heterocycles. The van der Waals surface area contributed by atoms with Crippen molar-refractivity contribution in [1.29, 1.82) is 0 Å². The summed E-state index contributed by atoms with van der Waals surface area (Å²) < 4.78 is 5.32. The average Bonchev–Trinajstić information content (AvgIpc) is 3.07. The van der Waals surface area contributed by atoms with Crippen molar-refractivity contribution < 1.29 is 9.32 Å². The molecule has 1 saturated heterocycles. The van der Waals surface area contributed by atoms with Crippen molar-refractivity contribution in [1.82, 2.24) is 20.0 Å². The van der Waals surface area contributed by atoms with Gasteiger partial charge in [-0.1, -0.05) is 5.16 Å². The van der Waals surface area contributed by atoms with Crippen LogP contribution in [-0.2, 0) is 0 Å². The number of carbonyl (C=O) groups excluding carboxylic acids is 1. The van der Waals surface area contributed by atoms with Gasteiger partial charge < -0.3 is 9.42 Å². The largest absolute Gasteiger partial charge is 0.339 e. The lowest BCUT2D eigenvalue weighted by atomic mass is 10.1. The Kier molecular flexibility index (Phi) is 3.17. The smallest absolute Gasteiger partial charge is 0.255 e. The first-order valence-corrected chi connectivity index (χ1v) is 7.76. The Morgan fingerprint density at radius 2 is 2.14 bits per heavy atom. The molecule has 0 radical (unpaired) electrons. The number of carbonyl (C=O) groups is 1. The van der Waals surface area contributed by atoms with Crippen LogP contribution in [0.2, 0.25) is 0 Å². The van der Waals surface area contributed by atoms with Crippen LogP contribution < -0.4 is 0 Å². The van der Waals surface area contributed by atoms with E-state index in [4.69, 9.17) is 4.52 Å². The Morgan fingerprint density at radius 1 is 1.27 bits per heavy atom. The van der Waals surface area contributed by atoms with Gasteiger partial charge >= 0.3 is 0 Å². The van der Waals surface area contributed by atoms with Gasteiger partial charge in [0, 0.05) is 36.8 Å².